The van der Waals surface area contributed by atoms with Gasteiger partial charge in [-0.25, -0.2) is 4.79 Å². The molecule has 3 nitrogen and oxygen atoms in total. The van der Waals surface area contributed by atoms with E-state index in [1.807, 2.05) is 18.3 Å². The van der Waals surface area contributed by atoms with Crippen molar-refractivity contribution in [1.29, 1.82) is 0 Å². The summed E-state index contributed by atoms with van der Waals surface area (Å²) in [5.74, 6) is -0.574. The zero-order valence-corrected chi connectivity index (χ0v) is 12.1. The Bertz CT molecular complexity index is 783. The van der Waals surface area contributed by atoms with Gasteiger partial charge in [0, 0.05) is 6.20 Å². The molecule has 0 fully saturated rings. The molecule has 1 N–H and O–H groups in total. The molecule has 2 heterocycles. The van der Waals surface area contributed by atoms with Crippen LogP contribution in [-0.2, 0) is 0 Å². The van der Waals surface area contributed by atoms with Gasteiger partial charge in [0.2, 0.25) is 0 Å². The molecule has 0 bridgehead atoms. The Morgan fingerprint density at radius 3 is 2.70 bits per heavy atom. The van der Waals surface area contributed by atoms with Gasteiger partial charge in [0.25, 0.3) is 0 Å². The lowest BCUT2D eigenvalue weighted by Gasteiger charge is -2.09. The summed E-state index contributed by atoms with van der Waals surface area (Å²) in [7, 11) is 0. The lowest BCUT2D eigenvalue weighted by Crippen LogP contribution is -1.95. The van der Waals surface area contributed by atoms with Crippen LogP contribution in [-0.4, -0.2) is 15.6 Å². The summed E-state index contributed by atoms with van der Waals surface area (Å²) in [6, 6.07) is 12.0. The van der Waals surface area contributed by atoms with Crippen LogP contribution in [0.1, 0.15) is 35.0 Å². The third kappa shape index (κ3) is 2.02. The highest BCUT2D eigenvalue weighted by Gasteiger charge is 2.18. The number of carboxylic acids is 1. The lowest BCUT2D eigenvalue weighted by atomic mass is 10.1. The van der Waals surface area contributed by atoms with Crippen LogP contribution in [0.25, 0.3) is 15.9 Å². The summed E-state index contributed by atoms with van der Waals surface area (Å²) < 4.78 is 2.09. The summed E-state index contributed by atoms with van der Waals surface area (Å²) >= 11 is 1.33. The average molecular weight is 285 g/mol. The highest BCUT2D eigenvalue weighted by molar-refractivity contribution is 7.16. The summed E-state index contributed by atoms with van der Waals surface area (Å²) in [5, 5.41) is 11.4. The maximum Gasteiger partial charge on any atom is 0.345 e. The molecule has 0 saturated heterocycles. The standard InChI is InChI=1S/C16H15NO2S/c1-10(2)12-9-14(16(18)19)20-15(12)17-8-7-11-5-3-4-6-13(11)17/h3-10H,1-2H3,(H,18,19). The van der Waals surface area contributed by atoms with Crippen molar-refractivity contribution in [2.75, 3.05) is 0 Å². The Morgan fingerprint density at radius 1 is 1.25 bits per heavy atom. The molecule has 3 aromatic rings. The van der Waals surface area contributed by atoms with Crippen LogP contribution in [0.3, 0.4) is 0 Å². The third-order valence-corrected chi connectivity index (χ3v) is 4.53. The Labute approximate surface area is 121 Å². The molecular formula is C16H15NO2S. The van der Waals surface area contributed by atoms with Crippen molar-refractivity contribution < 1.29 is 9.90 Å². The maximum absolute atomic E-state index is 11.2. The number of aromatic nitrogens is 1. The SMILES string of the molecule is CC(C)c1cc(C(=O)O)sc1-n1ccc2ccccc21. The van der Waals surface area contributed by atoms with Gasteiger partial charge in [0.1, 0.15) is 9.88 Å². The number of aromatic carboxylic acids is 1. The van der Waals surface area contributed by atoms with Crippen molar-refractivity contribution in [3.05, 3.63) is 53.0 Å². The van der Waals surface area contributed by atoms with Gasteiger partial charge in [0.15, 0.2) is 0 Å². The molecule has 0 aliphatic heterocycles. The Balaban J connectivity index is 2.25. The van der Waals surface area contributed by atoms with Crippen LogP contribution in [0.2, 0.25) is 0 Å². The molecule has 0 aliphatic rings. The third-order valence-electron chi connectivity index (χ3n) is 3.39. The van der Waals surface area contributed by atoms with Gasteiger partial charge in [-0.15, -0.1) is 11.3 Å². The molecule has 0 amide bonds. The van der Waals surface area contributed by atoms with E-state index in [-0.39, 0.29) is 5.92 Å². The zero-order valence-electron chi connectivity index (χ0n) is 11.3. The van der Waals surface area contributed by atoms with Crippen LogP contribution >= 0.6 is 11.3 Å². The molecule has 20 heavy (non-hydrogen) atoms. The van der Waals surface area contributed by atoms with Crippen LogP contribution in [0.15, 0.2) is 42.6 Å². The fraction of sp³-hybridized carbons (Fsp3) is 0.188. The number of thiophene rings is 1. The van der Waals surface area contributed by atoms with E-state index in [4.69, 9.17) is 0 Å². The average Bonchev–Trinajstić information content (AvgIpc) is 3.02. The normalized spacial score (nSPS) is 11.3. The molecule has 1 aromatic carbocycles. The van der Waals surface area contributed by atoms with Crippen molar-refractivity contribution in [2.45, 2.75) is 19.8 Å². The smallest absolute Gasteiger partial charge is 0.345 e. The second-order valence-electron chi connectivity index (χ2n) is 5.08. The second kappa shape index (κ2) is 4.80. The number of carbonyl (C=O) groups is 1. The maximum atomic E-state index is 11.2. The predicted octanol–water partition coefficient (Wildman–Crippen LogP) is 4.51. The van der Waals surface area contributed by atoms with E-state index in [0.29, 0.717) is 4.88 Å². The van der Waals surface area contributed by atoms with E-state index in [1.54, 1.807) is 6.07 Å². The van der Waals surface area contributed by atoms with Crippen molar-refractivity contribution in [3.63, 3.8) is 0 Å². The topological polar surface area (TPSA) is 42.2 Å². The minimum absolute atomic E-state index is 0.288. The van der Waals surface area contributed by atoms with Gasteiger partial charge in [-0.05, 0) is 35.1 Å². The Hall–Kier alpha value is -2.07. The highest BCUT2D eigenvalue weighted by atomic mass is 32.1. The molecular weight excluding hydrogens is 270 g/mol. The van der Waals surface area contributed by atoms with Crippen LogP contribution in [0.5, 0.6) is 0 Å². The highest BCUT2D eigenvalue weighted by Crippen LogP contribution is 2.34. The first kappa shape index (κ1) is 12.9. The van der Waals surface area contributed by atoms with E-state index in [0.717, 1.165) is 21.5 Å². The molecule has 3 rings (SSSR count). The largest absolute Gasteiger partial charge is 0.477 e. The number of benzene rings is 1. The van der Waals surface area contributed by atoms with Gasteiger partial charge in [-0.2, -0.15) is 0 Å². The molecule has 0 unspecified atom stereocenters. The van der Waals surface area contributed by atoms with E-state index in [1.165, 1.54) is 11.3 Å². The first-order valence-electron chi connectivity index (χ1n) is 6.51. The van der Waals surface area contributed by atoms with E-state index in [2.05, 4.69) is 36.6 Å². The van der Waals surface area contributed by atoms with Gasteiger partial charge in [0.05, 0.1) is 5.52 Å². The molecule has 0 radical (unpaired) electrons. The summed E-state index contributed by atoms with van der Waals surface area (Å²) in [4.78, 5) is 11.6. The minimum atomic E-state index is -0.861. The molecule has 102 valence electrons. The van der Waals surface area contributed by atoms with E-state index >= 15 is 0 Å². The molecule has 0 spiro atoms. The van der Waals surface area contributed by atoms with Crippen molar-refractivity contribution in [2.24, 2.45) is 0 Å². The van der Waals surface area contributed by atoms with Crippen molar-refractivity contribution >= 4 is 28.2 Å². The Kier molecular flexibility index (Phi) is 3.10. The van der Waals surface area contributed by atoms with E-state index < -0.39 is 5.97 Å². The fourth-order valence-corrected chi connectivity index (χ4v) is 3.51. The monoisotopic (exact) mass is 285 g/mol. The van der Waals surface area contributed by atoms with Gasteiger partial charge < -0.3 is 9.67 Å². The number of nitrogens with zero attached hydrogens (tertiary/aromatic N) is 1. The molecule has 0 atom stereocenters. The number of hydrogen-bond donors (Lipinski definition) is 1. The van der Waals surface area contributed by atoms with Crippen molar-refractivity contribution in [1.82, 2.24) is 4.57 Å². The first-order valence-corrected chi connectivity index (χ1v) is 7.33. The van der Waals surface area contributed by atoms with Gasteiger partial charge in [-0.1, -0.05) is 32.0 Å². The quantitative estimate of drug-likeness (QED) is 0.769. The predicted molar refractivity (Wildman–Crippen MR) is 82.2 cm³/mol. The number of fused-ring (bicyclic) bond motifs is 1. The number of para-hydroxylation sites is 1. The van der Waals surface area contributed by atoms with Crippen molar-refractivity contribution in [3.8, 4) is 5.00 Å². The Morgan fingerprint density at radius 2 is 2.00 bits per heavy atom. The zero-order chi connectivity index (χ0) is 14.3. The molecule has 0 aliphatic carbocycles. The summed E-state index contributed by atoms with van der Waals surface area (Å²) in [6.45, 7) is 4.17. The summed E-state index contributed by atoms with van der Waals surface area (Å²) in [5.41, 5.74) is 2.18. The van der Waals surface area contributed by atoms with Crippen LogP contribution < -0.4 is 0 Å². The van der Waals surface area contributed by atoms with Gasteiger partial charge in [-0.3, -0.25) is 0 Å². The van der Waals surface area contributed by atoms with Crippen LogP contribution in [0.4, 0.5) is 0 Å². The van der Waals surface area contributed by atoms with E-state index in [9.17, 15) is 9.90 Å². The molecule has 2 aromatic heterocycles. The fourth-order valence-electron chi connectivity index (χ4n) is 2.36. The molecule has 0 saturated carbocycles. The van der Waals surface area contributed by atoms with Gasteiger partial charge >= 0.3 is 5.97 Å². The summed E-state index contributed by atoms with van der Waals surface area (Å²) in [6.07, 6.45) is 2.01. The number of hydrogen-bond acceptors (Lipinski definition) is 2. The number of carboxylic acid groups (broad SMARTS) is 1. The lowest BCUT2D eigenvalue weighted by molar-refractivity contribution is 0.0702. The van der Waals surface area contributed by atoms with Crippen LogP contribution in [0, 0.1) is 0 Å². The minimum Gasteiger partial charge on any atom is -0.477 e. The number of rotatable bonds is 3. The molecule has 4 heteroatoms. The second-order valence-corrected chi connectivity index (χ2v) is 6.11. The first-order chi connectivity index (χ1) is 9.58.